The molecule has 0 fully saturated rings. The highest BCUT2D eigenvalue weighted by atomic mass is 127. The summed E-state index contributed by atoms with van der Waals surface area (Å²) in [6.45, 7) is -0.454. The summed E-state index contributed by atoms with van der Waals surface area (Å²) in [4.78, 5) is 48.1. The zero-order chi connectivity index (χ0) is 17.4. The highest BCUT2D eigenvalue weighted by Gasteiger charge is 2.41. The topological polar surface area (TPSA) is 97.6 Å². The van der Waals surface area contributed by atoms with Gasteiger partial charge in [-0.2, -0.15) is 0 Å². The molecule has 0 spiro atoms. The van der Waals surface area contributed by atoms with Crippen LogP contribution in [0.15, 0.2) is 42.5 Å². The molecule has 0 aromatic heterocycles. The largest absolute Gasteiger partial charge is 0.292 e. The fraction of sp³-hybridized carbons (Fsp3) is 0.0625. The van der Waals surface area contributed by atoms with Gasteiger partial charge in [0.25, 0.3) is 17.5 Å². The van der Waals surface area contributed by atoms with Crippen molar-refractivity contribution < 1.29 is 19.3 Å². The quantitative estimate of drug-likeness (QED) is 0.241. The minimum absolute atomic E-state index is 0.0513. The second-order valence-electron chi connectivity index (χ2n) is 5.08. The molecule has 1 aliphatic heterocycles. The first-order valence-corrected chi connectivity index (χ1v) is 7.90. The van der Waals surface area contributed by atoms with Crippen molar-refractivity contribution in [2.24, 2.45) is 0 Å². The zero-order valence-corrected chi connectivity index (χ0v) is 14.2. The Kier molecular flexibility index (Phi) is 4.14. The number of amides is 2. The Hall–Kier alpha value is -2.62. The lowest BCUT2D eigenvalue weighted by molar-refractivity contribution is -0.385. The number of imide groups is 1. The smallest absolute Gasteiger partial charge is 0.282 e. The van der Waals surface area contributed by atoms with Gasteiger partial charge >= 0.3 is 0 Å². The standard InChI is InChI=1S/C16H9IN2O5/c17-10-6-4-9(5-7-10)13(20)8-18-15(21)11-2-1-3-12(19(23)24)14(11)16(18)22/h1-7H,8H2. The average Bonchev–Trinajstić information content (AvgIpc) is 2.80. The molecule has 0 bridgehead atoms. The molecule has 0 aliphatic carbocycles. The molecule has 0 atom stereocenters. The SMILES string of the molecule is O=C(CN1C(=O)c2cccc([N+](=O)[O-])c2C1=O)c1ccc(I)cc1. The second kappa shape index (κ2) is 6.11. The number of nitro benzene ring substituents is 1. The number of Topliss-reactive ketones (excluding diaryl/α,β-unsaturated/α-hetero) is 1. The summed E-state index contributed by atoms with van der Waals surface area (Å²) < 4.78 is 0.945. The molecule has 120 valence electrons. The fourth-order valence-corrected chi connectivity index (χ4v) is 2.84. The van der Waals surface area contributed by atoms with Gasteiger partial charge in [-0.3, -0.25) is 29.4 Å². The number of fused-ring (bicyclic) bond motifs is 1. The first kappa shape index (κ1) is 16.2. The molecule has 1 heterocycles. The van der Waals surface area contributed by atoms with E-state index in [0.29, 0.717) is 5.56 Å². The number of ketones is 1. The minimum atomic E-state index is -0.818. The van der Waals surface area contributed by atoms with E-state index in [1.807, 2.05) is 0 Å². The maximum absolute atomic E-state index is 12.4. The summed E-state index contributed by atoms with van der Waals surface area (Å²) in [6.07, 6.45) is 0. The Bertz CT molecular complexity index is 892. The Morgan fingerprint density at radius 3 is 2.38 bits per heavy atom. The monoisotopic (exact) mass is 436 g/mol. The van der Waals surface area contributed by atoms with E-state index in [4.69, 9.17) is 0 Å². The van der Waals surface area contributed by atoms with Gasteiger partial charge in [0, 0.05) is 15.2 Å². The molecule has 2 amide bonds. The van der Waals surface area contributed by atoms with Crippen LogP contribution in [0.1, 0.15) is 31.1 Å². The zero-order valence-electron chi connectivity index (χ0n) is 12.1. The number of halogens is 1. The molecule has 8 heteroatoms. The molecule has 24 heavy (non-hydrogen) atoms. The van der Waals surface area contributed by atoms with E-state index >= 15 is 0 Å². The summed E-state index contributed by atoms with van der Waals surface area (Å²) in [5.41, 5.74) is -0.385. The highest BCUT2D eigenvalue weighted by Crippen LogP contribution is 2.30. The predicted octanol–water partition coefficient (Wildman–Crippen LogP) is 2.68. The van der Waals surface area contributed by atoms with Crippen molar-refractivity contribution in [2.45, 2.75) is 0 Å². The van der Waals surface area contributed by atoms with Gasteiger partial charge in [0.15, 0.2) is 5.78 Å². The van der Waals surface area contributed by atoms with Crippen molar-refractivity contribution >= 4 is 45.9 Å². The van der Waals surface area contributed by atoms with Crippen LogP contribution in [0.5, 0.6) is 0 Å². The molecule has 0 radical (unpaired) electrons. The van der Waals surface area contributed by atoms with Crippen LogP contribution in [0, 0.1) is 13.7 Å². The number of benzene rings is 2. The van der Waals surface area contributed by atoms with Gasteiger partial charge in [-0.15, -0.1) is 0 Å². The molecule has 7 nitrogen and oxygen atoms in total. The van der Waals surface area contributed by atoms with Gasteiger partial charge in [0.2, 0.25) is 0 Å². The number of hydrogen-bond acceptors (Lipinski definition) is 5. The first-order chi connectivity index (χ1) is 11.4. The molecule has 0 saturated carbocycles. The van der Waals surface area contributed by atoms with Gasteiger partial charge < -0.3 is 0 Å². The van der Waals surface area contributed by atoms with E-state index in [1.54, 1.807) is 24.3 Å². The summed E-state index contributed by atoms with van der Waals surface area (Å²) in [5.74, 6) is -1.93. The van der Waals surface area contributed by atoms with E-state index < -0.39 is 34.8 Å². The van der Waals surface area contributed by atoms with Crippen molar-refractivity contribution in [3.63, 3.8) is 0 Å². The van der Waals surface area contributed by atoms with E-state index in [1.165, 1.54) is 12.1 Å². The van der Waals surface area contributed by atoms with E-state index in [9.17, 15) is 24.5 Å². The van der Waals surface area contributed by atoms with Crippen LogP contribution in [-0.4, -0.2) is 34.0 Å². The third-order valence-corrected chi connectivity index (χ3v) is 4.36. The third-order valence-electron chi connectivity index (χ3n) is 3.64. The minimum Gasteiger partial charge on any atom is -0.292 e. The fourth-order valence-electron chi connectivity index (χ4n) is 2.48. The van der Waals surface area contributed by atoms with Crippen molar-refractivity contribution in [3.05, 3.63) is 72.8 Å². The second-order valence-corrected chi connectivity index (χ2v) is 6.33. The molecule has 1 aliphatic rings. The van der Waals surface area contributed by atoms with Crippen LogP contribution in [-0.2, 0) is 0 Å². The normalized spacial score (nSPS) is 13.1. The summed E-state index contributed by atoms with van der Waals surface area (Å²) in [5, 5.41) is 11.1. The maximum Gasteiger partial charge on any atom is 0.282 e. The summed E-state index contributed by atoms with van der Waals surface area (Å²) >= 11 is 2.09. The number of carbonyl (C=O) groups is 3. The van der Waals surface area contributed by atoms with E-state index in [0.717, 1.165) is 14.5 Å². The Balaban J connectivity index is 1.91. The number of carbonyl (C=O) groups excluding carboxylic acids is 3. The Labute approximate surface area is 149 Å². The van der Waals surface area contributed by atoms with Crippen molar-refractivity contribution in [1.82, 2.24) is 4.90 Å². The molecule has 2 aromatic carbocycles. The average molecular weight is 436 g/mol. The number of nitrogens with zero attached hydrogens (tertiary/aromatic N) is 2. The number of rotatable bonds is 4. The summed E-state index contributed by atoms with van der Waals surface area (Å²) in [6, 6.07) is 10.5. The van der Waals surface area contributed by atoms with E-state index in [2.05, 4.69) is 22.6 Å². The lowest BCUT2D eigenvalue weighted by Crippen LogP contribution is -2.35. The summed E-state index contributed by atoms with van der Waals surface area (Å²) in [7, 11) is 0. The molecule has 3 rings (SSSR count). The Morgan fingerprint density at radius 1 is 1.08 bits per heavy atom. The van der Waals surface area contributed by atoms with Crippen molar-refractivity contribution in [1.29, 1.82) is 0 Å². The van der Waals surface area contributed by atoms with Crippen LogP contribution in [0.2, 0.25) is 0 Å². The first-order valence-electron chi connectivity index (χ1n) is 6.82. The van der Waals surface area contributed by atoms with Crippen molar-refractivity contribution in [3.8, 4) is 0 Å². The third kappa shape index (κ3) is 2.68. The molecule has 0 unspecified atom stereocenters. The van der Waals surface area contributed by atoms with Gasteiger partial charge in [-0.25, -0.2) is 0 Å². The molecule has 0 N–H and O–H groups in total. The van der Waals surface area contributed by atoms with Crippen LogP contribution < -0.4 is 0 Å². The Morgan fingerprint density at radius 2 is 1.75 bits per heavy atom. The maximum atomic E-state index is 12.4. The lowest BCUT2D eigenvalue weighted by atomic mass is 10.1. The van der Waals surface area contributed by atoms with Crippen LogP contribution in [0.4, 0.5) is 5.69 Å². The van der Waals surface area contributed by atoms with Gasteiger partial charge in [0.05, 0.1) is 17.0 Å². The molecule has 2 aromatic rings. The number of hydrogen-bond donors (Lipinski definition) is 0. The predicted molar refractivity (Wildman–Crippen MR) is 92.0 cm³/mol. The van der Waals surface area contributed by atoms with Gasteiger partial charge in [-0.1, -0.05) is 18.2 Å². The number of nitro groups is 1. The van der Waals surface area contributed by atoms with Crippen molar-refractivity contribution in [2.75, 3.05) is 6.54 Å². The van der Waals surface area contributed by atoms with Gasteiger partial charge in [-0.05, 0) is 40.8 Å². The van der Waals surface area contributed by atoms with E-state index in [-0.39, 0.29) is 11.1 Å². The molecular weight excluding hydrogens is 427 g/mol. The molecular formula is C16H9IN2O5. The van der Waals surface area contributed by atoms with Gasteiger partial charge in [0.1, 0.15) is 5.56 Å². The van der Waals surface area contributed by atoms with Crippen LogP contribution in [0.25, 0.3) is 0 Å². The molecule has 0 saturated heterocycles. The van der Waals surface area contributed by atoms with Crippen LogP contribution in [0.3, 0.4) is 0 Å². The lowest BCUT2D eigenvalue weighted by Gasteiger charge is -2.12. The highest BCUT2D eigenvalue weighted by molar-refractivity contribution is 14.1. The van der Waals surface area contributed by atoms with Crippen LogP contribution >= 0.6 is 22.6 Å².